The fourth-order valence-corrected chi connectivity index (χ4v) is 6.99. The summed E-state index contributed by atoms with van der Waals surface area (Å²) in [6.07, 6.45) is 5.29. The number of aryl methyl sites for hydroxylation is 1. The van der Waals surface area contributed by atoms with Gasteiger partial charge in [0.05, 0.1) is 10.4 Å². The van der Waals surface area contributed by atoms with E-state index in [1.54, 1.807) is 17.7 Å². The first-order chi connectivity index (χ1) is 16.2. The van der Waals surface area contributed by atoms with Crippen molar-refractivity contribution in [2.75, 3.05) is 39.3 Å². The highest BCUT2D eigenvalue weighted by Gasteiger charge is 2.28. The minimum atomic E-state index is -3.65. The topological polar surface area (TPSA) is 91.7 Å². The summed E-state index contributed by atoms with van der Waals surface area (Å²) in [5.41, 5.74) is 0.184. The van der Waals surface area contributed by atoms with Crippen LogP contribution in [0.25, 0.3) is 10.9 Å². The average molecular weight is 489 g/mol. The number of aromatic nitrogens is 1. The summed E-state index contributed by atoms with van der Waals surface area (Å²) in [5, 5.41) is 3.12. The smallest absolute Gasteiger partial charge is 0.256 e. The van der Waals surface area contributed by atoms with Gasteiger partial charge in [0.25, 0.3) is 5.91 Å². The fraction of sp³-hybridized carbons (Fsp3) is 0.600. The molecule has 1 N–H and O–H groups in total. The third kappa shape index (κ3) is 5.21. The molecule has 0 aliphatic carbocycles. The van der Waals surface area contributed by atoms with Gasteiger partial charge in [0.2, 0.25) is 15.5 Å². The number of sulfonamides is 1. The van der Waals surface area contributed by atoms with Crippen molar-refractivity contribution in [3.8, 4) is 0 Å². The number of amides is 1. The number of nitrogens with one attached hydrogen (secondary N) is 1. The van der Waals surface area contributed by atoms with Gasteiger partial charge in [-0.1, -0.05) is 13.8 Å². The first kappa shape index (κ1) is 24.9. The lowest BCUT2D eigenvalue weighted by Gasteiger charge is -2.34. The third-order valence-corrected chi connectivity index (χ3v) is 8.88. The molecule has 8 nitrogen and oxygen atoms in total. The lowest BCUT2D eigenvalue weighted by molar-refractivity contribution is 0.0945. The van der Waals surface area contributed by atoms with Crippen molar-refractivity contribution >= 4 is 26.8 Å². The Morgan fingerprint density at radius 2 is 1.79 bits per heavy atom. The van der Waals surface area contributed by atoms with E-state index in [1.165, 1.54) is 29.1 Å². The first-order valence-electron chi connectivity index (χ1n) is 12.3. The van der Waals surface area contributed by atoms with Crippen LogP contribution < -0.4 is 10.7 Å². The summed E-state index contributed by atoms with van der Waals surface area (Å²) >= 11 is 0. The average Bonchev–Trinajstić information content (AvgIpc) is 3.34. The summed E-state index contributed by atoms with van der Waals surface area (Å²) < 4.78 is 29.1. The number of hydrogen-bond acceptors (Lipinski definition) is 5. The Labute approximate surface area is 202 Å². The van der Waals surface area contributed by atoms with E-state index in [9.17, 15) is 18.0 Å². The van der Waals surface area contributed by atoms with E-state index in [2.05, 4.69) is 24.1 Å². The van der Waals surface area contributed by atoms with E-state index in [0.717, 1.165) is 38.9 Å². The molecule has 0 bridgehead atoms. The molecule has 0 unspecified atom stereocenters. The molecule has 3 heterocycles. The van der Waals surface area contributed by atoms with Crippen LogP contribution in [0.3, 0.4) is 0 Å². The monoisotopic (exact) mass is 488 g/mol. The van der Waals surface area contributed by atoms with Gasteiger partial charge in [0.1, 0.15) is 5.56 Å². The highest BCUT2D eigenvalue weighted by atomic mass is 32.2. The van der Waals surface area contributed by atoms with Gasteiger partial charge in [0.15, 0.2) is 0 Å². The molecule has 2 aromatic rings. The highest BCUT2D eigenvalue weighted by Crippen LogP contribution is 2.24. The number of carbonyl (C=O) groups is 1. The summed E-state index contributed by atoms with van der Waals surface area (Å²) in [7, 11) is -1.89. The Kier molecular flexibility index (Phi) is 7.45. The lowest BCUT2D eigenvalue weighted by Crippen LogP contribution is -2.40. The molecule has 2 fully saturated rings. The van der Waals surface area contributed by atoms with Gasteiger partial charge in [-0.25, -0.2) is 8.42 Å². The Balaban J connectivity index is 1.48. The molecule has 0 spiro atoms. The summed E-state index contributed by atoms with van der Waals surface area (Å²) in [4.78, 5) is 28.6. The van der Waals surface area contributed by atoms with Crippen molar-refractivity contribution < 1.29 is 13.2 Å². The third-order valence-electron chi connectivity index (χ3n) is 6.99. The molecule has 2 aliphatic heterocycles. The predicted molar refractivity (Wildman–Crippen MR) is 134 cm³/mol. The highest BCUT2D eigenvalue weighted by molar-refractivity contribution is 7.89. The summed E-state index contributed by atoms with van der Waals surface area (Å²) in [6, 6.07) is 4.60. The number of nitrogens with zero attached hydrogens (tertiary/aromatic N) is 3. The van der Waals surface area contributed by atoms with Crippen LogP contribution in [0.4, 0.5) is 0 Å². The summed E-state index contributed by atoms with van der Waals surface area (Å²) in [5.74, 6) is 0.965. The Morgan fingerprint density at radius 1 is 1.12 bits per heavy atom. The standard InChI is InChI=1S/C25H36N4O4S/c1-18-13-19(2)16-28(15-18)10-6-9-26-25(31)22-17-27(3)23-8-7-20(14-21(23)24(22)30)34(32,33)29-11-4-5-12-29/h7-8,14,17-19H,4-6,9-13,15-16H2,1-3H3,(H,26,31)/t18-,19-/m0/s1. The number of likely N-dealkylation sites (tertiary alicyclic amines) is 1. The number of carbonyl (C=O) groups excluding carboxylic acids is 1. The quantitative estimate of drug-likeness (QED) is 0.605. The lowest BCUT2D eigenvalue weighted by atomic mass is 9.92. The molecule has 4 rings (SSSR count). The van der Waals surface area contributed by atoms with E-state index in [-0.39, 0.29) is 15.8 Å². The molecule has 2 atom stereocenters. The molecular formula is C25H36N4O4S. The number of fused-ring (bicyclic) bond motifs is 1. The first-order valence-corrected chi connectivity index (χ1v) is 13.7. The maximum atomic E-state index is 13.2. The van der Waals surface area contributed by atoms with Crippen LogP contribution in [0.5, 0.6) is 0 Å². The maximum Gasteiger partial charge on any atom is 0.256 e. The normalized spacial score (nSPS) is 22.3. The fourth-order valence-electron chi connectivity index (χ4n) is 5.45. The molecule has 2 aliphatic rings. The molecule has 9 heteroatoms. The van der Waals surface area contributed by atoms with Crippen LogP contribution >= 0.6 is 0 Å². The summed E-state index contributed by atoms with van der Waals surface area (Å²) in [6.45, 7) is 9.14. The van der Waals surface area contributed by atoms with Gasteiger partial charge in [-0.05, 0) is 62.3 Å². The van der Waals surface area contributed by atoms with Gasteiger partial charge >= 0.3 is 0 Å². The minimum absolute atomic E-state index is 0.0333. The second-order valence-corrected chi connectivity index (χ2v) is 12.0. The number of piperidine rings is 1. The largest absolute Gasteiger partial charge is 0.352 e. The van der Waals surface area contributed by atoms with Crippen molar-refractivity contribution in [2.24, 2.45) is 18.9 Å². The van der Waals surface area contributed by atoms with Gasteiger partial charge in [-0.2, -0.15) is 4.31 Å². The van der Waals surface area contributed by atoms with Crippen LogP contribution in [0.2, 0.25) is 0 Å². The molecule has 1 aromatic heterocycles. The van der Waals surface area contributed by atoms with E-state index in [4.69, 9.17) is 0 Å². The molecule has 1 amide bonds. The van der Waals surface area contributed by atoms with Crippen molar-refractivity contribution in [2.45, 2.75) is 44.4 Å². The molecule has 0 saturated carbocycles. The zero-order chi connectivity index (χ0) is 24.5. The second-order valence-electron chi connectivity index (χ2n) is 10.1. The van der Waals surface area contributed by atoms with Crippen LogP contribution in [-0.2, 0) is 17.1 Å². The van der Waals surface area contributed by atoms with E-state index >= 15 is 0 Å². The maximum absolute atomic E-state index is 13.2. The van der Waals surface area contributed by atoms with Crippen molar-refractivity contribution in [1.29, 1.82) is 0 Å². The predicted octanol–water partition coefficient (Wildman–Crippen LogP) is 2.42. The number of benzene rings is 1. The Bertz CT molecular complexity index is 1210. The van der Waals surface area contributed by atoms with Crippen molar-refractivity contribution in [3.63, 3.8) is 0 Å². The molecule has 186 valence electrons. The Hall–Kier alpha value is -2.23. The second kappa shape index (κ2) is 10.2. The van der Waals surface area contributed by atoms with E-state index in [0.29, 0.717) is 37.0 Å². The van der Waals surface area contributed by atoms with Gasteiger partial charge in [-0.3, -0.25) is 9.59 Å². The van der Waals surface area contributed by atoms with Crippen LogP contribution in [0.15, 0.2) is 34.1 Å². The zero-order valence-electron chi connectivity index (χ0n) is 20.4. The molecule has 34 heavy (non-hydrogen) atoms. The molecule has 2 saturated heterocycles. The van der Waals surface area contributed by atoms with Crippen molar-refractivity contribution in [3.05, 3.63) is 40.2 Å². The van der Waals surface area contributed by atoms with E-state index < -0.39 is 21.4 Å². The number of pyridine rings is 1. The number of rotatable bonds is 7. The van der Waals surface area contributed by atoms with Gasteiger partial charge in [0, 0.05) is 51.4 Å². The van der Waals surface area contributed by atoms with Crippen LogP contribution in [0.1, 0.15) is 49.9 Å². The van der Waals surface area contributed by atoms with Crippen LogP contribution in [0, 0.1) is 11.8 Å². The minimum Gasteiger partial charge on any atom is -0.352 e. The SMILES string of the molecule is C[C@H]1C[C@H](C)CN(CCCNC(=O)c2cn(C)c3ccc(S(=O)(=O)N4CCCC4)cc3c2=O)C1. The molecule has 0 radical (unpaired) electrons. The Morgan fingerprint density at radius 3 is 2.47 bits per heavy atom. The van der Waals surface area contributed by atoms with Crippen molar-refractivity contribution in [1.82, 2.24) is 19.1 Å². The van der Waals surface area contributed by atoms with Crippen LogP contribution in [-0.4, -0.2) is 67.4 Å². The van der Waals surface area contributed by atoms with Gasteiger partial charge < -0.3 is 14.8 Å². The molecular weight excluding hydrogens is 452 g/mol. The van der Waals surface area contributed by atoms with E-state index in [1.807, 2.05) is 0 Å². The van der Waals surface area contributed by atoms with Gasteiger partial charge in [-0.15, -0.1) is 0 Å². The zero-order valence-corrected chi connectivity index (χ0v) is 21.2. The number of hydrogen-bond donors (Lipinski definition) is 1. The molecule has 1 aromatic carbocycles.